The second-order valence-electron chi connectivity index (χ2n) is 5.94. The Balaban J connectivity index is 1.88. The molecule has 0 aromatic heterocycles. The Hall–Kier alpha value is -0.610. The molecule has 2 saturated carbocycles. The Morgan fingerprint density at radius 2 is 2.18 bits per heavy atom. The Bertz CT molecular complexity index is 355. The van der Waals surface area contributed by atoms with Crippen molar-refractivity contribution in [1.29, 1.82) is 0 Å². The highest BCUT2D eigenvalue weighted by atomic mass is 16.6. The van der Waals surface area contributed by atoms with Gasteiger partial charge in [0.15, 0.2) is 0 Å². The number of rotatable bonds is 1. The van der Waals surface area contributed by atoms with Gasteiger partial charge in [-0.3, -0.25) is 4.79 Å². The van der Waals surface area contributed by atoms with E-state index >= 15 is 0 Å². The van der Waals surface area contributed by atoms with Crippen LogP contribution in [0.2, 0.25) is 0 Å². The summed E-state index contributed by atoms with van der Waals surface area (Å²) in [6.07, 6.45) is 4.14. The lowest BCUT2D eigenvalue weighted by atomic mass is 9.58. The number of carbonyl (C=O) groups excluding carboxylic acids is 1. The minimum atomic E-state index is -0.334. The highest BCUT2D eigenvalue weighted by Gasteiger charge is 2.74. The molecule has 4 heteroatoms. The van der Waals surface area contributed by atoms with Gasteiger partial charge in [-0.1, -0.05) is 6.92 Å². The maximum absolute atomic E-state index is 11.2. The fraction of sp³-hybridized carbons (Fsp3) is 0.923. The zero-order valence-electron chi connectivity index (χ0n) is 10.4. The Morgan fingerprint density at radius 1 is 1.41 bits per heavy atom. The van der Waals surface area contributed by atoms with Gasteiger partial charge in [-0.05, 0) is 32.1 Å². The van der Waals surface area contributed by atoms with E-state index in [0.717, 1.165) is 32.1 Å². The molecular weight excluding hydrogens is 220 g/mol. The number of aliphatic hydroxyl groups excluding tert-OH is 1. The highest BCUT2D eigenvalue weighted by molar-refractivity contribution is 5.66. The number of ether oxygens (including phenoxy) is 2. The molecule has 5 atom stereocenters. The number of carbonyl (C=O) groups is 1. The highest BCUT2D eigenvalue weighted by Crippen LogP contribution is 2.65. The van der Waals surface area contributed by atoms with Gasteiger partial charge in [0.25, 0.3) is 0 Å². The van der Waals surface area contributed by atoms with E-state index in [1.807, 2.05) is 0 Å². The van der Waals surface area contributed by atoms with Crippen LogP contribution in [-0.4, -0.2) is 35.0 Å². The lowest BCUT2D eigenvalue weighted by Crippen LogP contribution is -2.55. The maximum Gasteiger partial charge on any atom is 0.302 e. The summed E-state index contributed by atoms with van der Waals surface area (Å²) in [5.74, 6) is -0.211. The first-order chi connectivity index (χ1) is 7.99. The molecule has 0 aromatic carbocycles. The largest absolute Gasteiger partial charge is 0.462 e. The summed E-state index contributed by atoms with van der Waals surface area (Å²) in [6, 6.07) is 0. The predicted molar refractivity (Wildman–Crippen MR) is 60.4 cm³/mol. The van der Waals surface area contributed by atoms with Gasteiger partial charge in [-0.15, -0.1) is 0 Å². The normalized spacial score (nSPS) is 52.3. The fourth-order valence-corrected chi connectivity index (χ4v) is 4.03. The van der Waals surface area contributed by atoms with E-state index in [0.29, 0.717) is 0 Å². The van der Waals surface area contributed by atoms with Crippen molar-refractivity contribution in [2.45, 2.75) is 69.9 Å². The summed E-state index contributed by atoms with van der Waals surface area (Å²) in [5, 5.41) is 9.90. The molecule has 1 spiro atoms. The maximum atomic E-state index is 11.2. The summed E-state index contributed by atoms with van der Waals surface area (Å²) in [4.78, 5) is 11.2. The van der Waals surface area contributed by atoms with Gasteiger partial charge in [-0.2, -0.15) is 0 Å². The van der Waals surface area contributed by atoms with Crippen LogP contribution in [0, 0.1) is 5.41 Å². The van der Waals surface area contributed by atoms with Gasteiger partial charge in [0.1, 0.15) is 17.8 Å². The second kappa shape index (κ2) is 3.45. The molecule has 4 nitrogen and oxygen atoms in total. The van der Waals surface area contributed by atoms with Crippen LogP contribution in [0.4, 0.5) is 0 Å². The summed E-state index contributed by atoms with van der Waals surface area (Å²) in [6.45, 7) is 3.62. The van der Waals surface area contributed by atoms with Crippen LogP contribution >= 0.6 is 0 Å². The van der Waals surface area contributed by atoms with E-state index in [4.69, 9.17) is 9.47 Å². The van der Waals surface area contributed by atoms with Gasteiger partial charge < -0.3 is 14.6 Å². The summed E-state index contributed by atoms with van der Waals surface area (Å²) >= 11 is 0. The third-order valence-electron chi connectivity index (χ3n) is 5.05. The van der Waals surface area contributed by atoms with Crippen LogP contribution in [0.1, 0.15) is 46.0 Å². The van der Waals surface area contributed by atoms with Crippen molar-refractivity contribution in [2.24, 2.45) is 5.41 Å². The molecular formula is C13H20O4. The van der Waals surface area contributed by atoms with Gasteiger partial charge in [-0.25, -0.2) is 0 Å². The van der Waals surface area contributed by atoms with Crippen LogP contribution in [-0.2, 0) is 14.3 Å². The minimum Gasteiger partial charge on any atom is -0.462 e. The first-order valence-corrected chi connectivity index (χ1v) is 6.53. The van der Waals surface area contributed by atoms with Crippen LogP contribution in [0.15, 0.2) is 0 Å². The van der Waals surface area contributed by atoms with Crippen molar-refractivity contribution >= 4 is 5.97 Å². The standard InChI is InChI=1S/C13H20O4/c1-8(14)16-10-4-3-6-13-11(17-13)9(15)5-7-12(10,13)2/h9-11,15H,3-7H2,1-2H3/t9-,10-,11-,12+,13-/m0/s1. The lowest BCUT2D eigenvalue weighted by molar-refractivity contribution is -0.164. The number of epoxide rings is 1. The van der Waals surface area contributed by atoms with Gasteiger partial charge in [0.2, 0.25) is 0 Å². The van der Waals surface area contributed by atoms with E-state index in [2.05, 4.69) is 6.92 Å². The molecule has 1 heterocycles. The van der Waals surface area contributed by atoms with Crippen LogP contribution in [0.25, 0.3) is 0 Å². The monoisotopic (exact) mass is 240 g/mol. The van der Waals surface area contributed by atoms with Gasteiger partial charge in [0.05, 0.1) is 6.10 Å². The topological polar surface area (TPSA) is 59.1 Å². The molecule has 0 amide bonds. The first kappa shape index (κ1) is 11.5. The molecule has 0 unspecified atom stereocenters. The van der Waals surface area contributed by atoms with Crippen molar-refractivity contribution in [1.82, 2.24) is 0 Å². The average molecular weight is 240 g/mol. The Labute approximate surface area is 101 Å². The van der Waals surface area contributed by atoms with Gasteiger partial charge >= 0.3 is 5.97 Å². The number of aliphatic hydroxyl groups is 1. The summed E-state index contributed by atoms with van der Waals surface area (Å²) < 4.78 is 11.3. The van der Waals surface area contributed by atoms with Crippen molar-refractivity contribution in [3.8, 4) is 0 Å². The molecule has 1 N–H and O–H groups in total. The van der Waals surface area contributed by atoms with Crippen LogP contribution in [0.3, 0.4) is 0 Å². The third kappa shape index (κ3) is 1.40. The molecule has 2 aliphatic carbocycles. The minimum absolute atomic E-state index is 0.0281. The SMILES string of the molecule is CC(=O)O[C@H]1CCC[C@]23O[C@H]2[C@@H](O)CC[C@]13C. The van der Waals surface area contributed by atoms with E-state index < -0.39 is 0 Å². The van der Waals surface area contributed by atoms with E-state index in [1.165, 1.54) is 6.92 Å². The van der Waals surface area contributed by atoms with E-state index in [1.54, 1.807) is 0 Å². The molecule has 3 rings (SSSR count). The van der Waals surface area contributed by atoms with E-state index in [9.17, 15) is 9.90 Å². The second-order valence-corrected chi connectivity index (χ2v) is 5.94. The zero-order valence-corrected chi connectivity index (χ0v) is 10.4. The average Bonchev–Trinajstić information content (AvgIpc) is 2.98. The number of hydrogen-bond acceptors (Lipinski definition) is 4. The number of hydrogen-bond donors (Lipinski definition) is 1. The van der Waals surface area contributed by atoms with E-state index in [-0.39, 0.29) is 35.3 Å². The first-order valence-electron chi connectivity index (χ1n) is 6.53. The third-order valence-corrected chi connectivity index (χ3v) is 5.05. The van der Waals surface area contributed by atoms with Crippen molar-refractivity contribution in [3.63, 3.8) is 0 Å². The smallest absolute Gasteiger partial charge is 0.302 e. The lowest BCUT2D eigenvalue weighted by Gasteiger charge is -2.48. The number of esters is 1. The Kier molecular flexibility index (Phi) is 2.33. The molecule has 3 fully saturated rings. The fourth-order valence-electron chi connectivity index (χ4n) is 4.03. The van der Waals surface area contributed by atoms with Crippen molar-refractivity contribution < 1.29 is 19.4 Å². The summed E-state index contributed by atoms with van der Waals surface area (Å²) in [5.41, 5.74) is -0.330. The van der Waals surface area contributed by atoms with Crippen molar-refractivity contribution in [3.05, 3.63) is 0 Å². The molecule has 0 bridgehead atoms. The predicted octanol–water partition coefficient (Wildman–Crippen LogP) is 1.40. The summed E-state index contributed by atoms with van der Waals surface area (Å²) in [7, 11) is 0. The zero-order chi connectivity index (χ0) is 12.3. The Morgan fingerprint density at radius 3 is 2.88 bits per heavy atom. The molecule has 96 valence electrons. The molecule has 0 radical (unpaired) electrons. The van der Waals surface area contributed by atoms with Crippen LogP contribution in [0.5, 0.6) is 0 Å². The molecule has 0 aromatic rings. The molecule has 1 saturated heterocycles. The molecule has 17 heavy (non-hydrogen) atoms. The quantitative estimate of drug-likeness (QED) is 0.556. The van der Waals surface area contributed by atoms with Crippen molar-refractivity contribution in [2.75, 3.05) is 0 Å². The van der Waals surface area contributed by atoms with Gasteiger partial charge in [0, 0.05) is 12.3 Å². The molecule has 3 aliphatic rings. The molecule has 1 aliphatic heterocycles. The van der Waals surface area contributed by atoms with Crippen LogP contribution < -0.4 is 0 Å².